The van der Waals surface area contributed by atoms with Crippen molar-refractivity contribution in [2.45, 2.75) is 50.6 Å². The molecule has 5 atom stereocenters. The summed E-state index contributed by atoms with van der Waals surface area (Å²) in [4.78, 5) is 20.0. The summed E-state index contributed by atoms with van der Waals surface area (Å²) in [5.74, 6) is 1.55. The highest BCUT2D eigenvalue weighted by Gasteiger charge is 2.44. The van der Waals surface area contributed by atoms with Gasteiger partial charge in [-0.05, 0) is 79.3 Å². The number of hydrogen-bond donors (Lipinski definition) is 2. The number of benzene rings is 2. The molecule has 220 valence electrons. The highest BCUT2D eigenvalue weighted by molar-refractivity contribution is 5.91. The van der Waals surface area contributed by atoms with Crippen molar-refractivity contribution in [3.05, 3.63) is 65.4 Å². The molecule has 0 radical (unpaired) electrons. The zero-order valence-electron chi connectivity index (χ0n) is 22.4. The Hall–Kier alpha value is -3.54. The number of methoxy groups -OCH3 is 1. The minimum atomic E-state index is -5.03. The van der Waals surface area contributed by atoms with Gasteiger partial charge in [-0.1, -0.05) is 13.3 Å². The lowest BCUT2D eigenvalue weighted by atomic mass is 9.72. The number of rotatable bonds is 6. The predicted molar refractivity (Wildman–Crippen MR) is 142 cm³/mol. The van der Waals surface area contributed by atoms with E-state index < -0.39 is 41.2 Å². The third-order valence-electron chi connectivity index (χ3n) is 8.29. The monoisotopic (exact) mass is 580 g/mol. The third kappa shape index (κ3) is 6.07. The summed E-state index contributed by atoms with van der Waals surface area (Å²) in [5, 5.41) is 5.85. The smallest absolute Gasteiger partial charge is 0.416 e. The number of piperidine rings is 3. The molecule has 2 amide bonds. The number of carbonyl (C=O) groups is 1. The Bertz CT molecular complexity index is 1390. The van der Waals surface area contributed by atoms with E-state index in [9.17, 15) is 31.1 Å². The Morgan fingerprint density at radius 3 is 2.37 bits per heavy atom. The fourth-order valence-electron chi connectivity index (χ4n) is 6.25. The number of nitrogens with one attached hydrogen (secondary N) is 2. The summed E-state index contributed by atoms with van der Waals surface area (Å²) in [6, 6.07) is 6.48. The van der Waals surface area contributed by atoms with E-state index in [0.29, 0.717) is 35.2 Å². The van der Waals surface area contributed by atoms with Crippen molar-refractivity contribution in [3.8, 4) is 5.75 Å². The maximum atomic E-state index is 13.4. The third-order valence-corrected chi connectivity index (χ3v) is 8.29. The van der Waals surface area contributed by atoms with E-state index in [-0.39, 0.29) is 12.1 Å². The Morgan fingerprint density at radius 2 is 1.78 bits per heavy atom. The number of pyridine rings is 1. The average molecular weight is 581 g/mol. The minimum Gasteiger partial charge on any atom is -0.497 e. The Morgan fingerprint density at radius 1 is 1.07 bits per heavy atom. The van der Waals surface area contributed by atoms with E-state index in [4.69, 9.17) is 4.74 Å². The Kier molecular flexibility index (Phi) is 7.80. The second-order valence-corrected chi connectivity index (χ2v) is 10.7. The second kappa shape index (κ2) is 11.0. The molecule has 2 N–H and O–H groups in total. The lowest BCUT2D eigenvalue weighted by Gasteiger charge is -2.52. The molecule has 3 aromatic rings. The number of alkyl halides is 6. The van der Waals surface area contributed by atoms with Crippen LogP contribution in [0, 0.1) is 11.8 Å². The number of anilines is 1. The van der Waals surface area contributed by atoms with Gasteiger partial charge in [-0.2, -0.15) is 26.3 Å². The first-order valence-corrected chi connectivity index (χ1v) is 13.4. The zero-order valence-corrected chi connectivity index (χ0v) is 22.4. The molecule has 2 bridgehead atoms. The number of amides is 2. The van der Waals surface area contributed by atoms with Gasteiger partial charge in [-0.25, -0.2) is 4.79 Å². The van der Waals surface area contributed by atoms with Crippen molar-refractivity contribution in [2.24, 2.45) is 11.8 Å². The lowest BCUT2D eigenvalue weighted by molar-refractivity contribution is -0.143. The first-order valence-electron chi connectivity index (χ1n) is 13.4. The van der Waals surface area contributed by atoms with Crippen LogP contribution in [0.15, 0.2) is 48.7 Å². The first kappa shape index (κ1) is 29.0. The fraction of sp³-hybridized carbons (Fsp3) is 0.448. The van der Waals surface area contributed by atoms with E-state index in [2.05, 4.69) is 27.4 Å². The van der Waals surface area contributed by atoms with Gasteiger partial charge in [0.25, 0.3) is 0 Å². The van der Waals surface area contributed by atoms with Gasteiger partial charge in [0.2, 0.25) is 0 Å². The summed E-state index contributed by atoms with van der Waals surface area (Å²) in [7, 11) is 1.53. The predicted octanol–water partition coefficient (Wildman–Crippen LogP) is 7.26. The number of hydrogen-bond acceptors (Lipinski definition) is 4. The molecule has 4 unspecified atom stereocenters. The van der Waals surface area contributed by atoms with Gasteiger partial charge in [0, 0.05) is 29.9 Å². The van der Waals surface area contributed by atoms with E-state index in [1.54, 1.807) is 30.5 Å². The van der Waals surface area contributed by atoms with E-state index >= 15 is 0 Å². The van der Waals surface area contributed by atoms with Crippen molar-refractivity contribution in [1.29, 1.82) is 0 Å². The highest BCUT2D eigenvalue weighted by atomic mass is 19.4. The quantitative estimate of drug-likeness (QED) is 0.301. The van der Waals surface area contributed by atoms with Gasteiger partial charge in [-0.15, -0.1) is 0 Å². The summed E-state index contributed by atoms with van der Waals surface area (Å²) in [6.07, 6.45) is -5.60. The number of aromatic nitrogens is 1. The minimum absolute atomic E-state index is 0.0264. The van der Waals surface area contributed by atoms with Gasteiger partial charge in [-0.3, -0.25) is 9.88 Å². The summed E-state index contributed by atoms with van der Waals surface area (Å²) in [6.45, 7) is 3.83. The average Bonchev–Trinajstić information content (AvgIpc) is 2.94. The molecule has 2 aromatic carbocycles. The molecule has 6 rings (SSSR count). The number of halogens is 6. The molecule has 0 spiro atoms. The molecule has 3 aliphatic rings. The first-order chi connectivity index (χ1) is 19.4. The Labute approximate surface area is 233 Å². The van der Waals surface area contributed by atoms with Crippen molar-refractivity contribution in [1.82, 2.24) is 15.2 Å². The second-order valence-electron chi connectivity index (χ2n) is 10.7. The molecule has 4 heterocycles. The molecule has 0 aliphatic carbocycles. The van der Waals surface area contributed by atoms with Crippen LogP contribution in [0.2, 0.25) is 0 Å². The van der Waals surface area contributed by atoms with Gasteiger partial charge in [0.15, 0.2) is 0 Å². The van der Waals surface area contributed by atoms with Crippen LogP contribution in [-0.2, 0) is 12.4 Å². The van der Waals surface area contributed by atoms with Crippen LogP contribution >= 0.6 is 0 Å². The van der Waals surface area contributed by atoms with Crippen LogP contribution in [0.25, 0.3) is 10.9 Å². The largest absolute Gasteiger partial charge is 0.497 e. The molecule has 6 nitrogen and oxygen atoms in total. The molecule has 1 aromatic heterocycles. The summed E-state index contributed by atoms with van der Waals surface area (Å²) < 4.78 is 85.7. The van der Waals surface area contributed by atoms with Gasteiger partial charge >= 0.3 is 18.4 Å². The fourth-order valence-corrected chi connectivity index (χ4v) is 6.25. The molecule has 3 aliphatic heterocycles. The van der Waals surface area contributed by atoms with Crippen molar-refractivity contribution in [2.75, 3.05) is 25.5 Å². The van der Waals surface area contributed by atoms with Crippen LogP contribution < -0.4 is 15.4 Å². The van der Waals surface area contributed by atoms with Crippen LogP contribution in [0.4, 0.5) is 36.8 Å². The van der Waals surface area contributed by atoms with Crippen LogP contribution in [0.1, 0.15) is 48.9 Å². The number of nitrogens with zero attached hydrogens (tertiary/aromatic N) is 2. The van der Waals surface area contributed by atoms with Gasteiger partial charge < -0.3 is 15.4 Å². The molecule has 3 fully saturated rings. The maximum Gasteiger partial charge on any atom is 0.416 e. The number of fused-ring (bicyclic) bond motifs is 4. The van der Waals surface area contributed by atoms with Gasteiger partial charge in [0.05, 0.1) is 29.8 Å². The lowest BCUT2D eigenvalue weighted by Crippen LogP contribution is -2.58. The van der Waals surface area contributed by atoms with Gasteiger partial charge in [0.1, 0.15) is 5.75 Å². The zero-order chi connectivity index (χ0) is 29.5. The number of carbonyl (C=O) groups excluding carboxylic acids is 1. The normalized spacial score (nSPS) is 23.3. The number of ether oxygens (including phenoxy) is 1. The highest BCUT2D eigenvalue weighted by Crippen LogP contribution is 2.43. The Balaban J connectivity index is 1.51. The van der Waals surface area contributed by atoms with E-state index in [0.717, 1.165) is 43.3 Å². The number of urea groups is 1. The van der Waals surface area contributed by atoms with Crippen LogP contribution in [0.3, 0.4) is 0 Å². The van der Waals surface area contributed by atoms with Crippen molar-refractivity contribution < 1.29 is 35.9 Å². The molecular weight excluding hydrogens is 550 g/mol. The molecular formula is C29H30F6N4O2. The molecule has 41 heavy (non-hydrogen) atoms. The molecule has 3 saturated heterocycles. The van der Waals surface area contributed by atoms with Crippen molar-refractivity contribution in [3.63, 3.8) is 0 Å². The van der Waals surface area contributed by atoms with E-state index in [1.807, 2.05) is 0 Å². The molecule has 0 saturated carbocycles. The standard InChI is InChI=1S/C29H30F6N4O2/c1-3-16-15-39-9-7-17(16)10-25(39)26(22-6-8-36-24-5-4-21(41-2)14-23(22)24)38-27(40)37-20-12-18(28(30,31)32)11-19(13-20)29(33,34)35/h4-6,8,11-14,16-17,25-26H,3,7,9-10,15H2,1-2H3,(H2,37,38,40)/t16?,17?,25?,26-/m0/s1. The SMILES string of the molecule is CCC1CN2CCC1CC2[C@@H](NC(=O)Nc1cc(C(F)(F)F)cc(C(F)(F)F)c1)c1ccnc2ccc(OC)cc12. The van der Waals surface area contributed by atoms with Crippen LogP contribution in [-0.4, -0.2) is 42.2 Å². The van der Waals surface area contributed by atoms with E-state index in [1.165, 1.54) is 7.11 Å². The van der Waals surface area contributed by atoms with Crippen LogP contribution in [0.5, 0.6) is 5.75 Å². The maximum absolute atomic E-state index is 13.4. The topological polar surface area (TPSA) is 66.5 Å². The summed E-state index contributed by atoms with van der Waals surface area (Å²) >= 11 is 0. The molecule has 12 heteroatoms. The van der Waals surface area contributed by atoms with Crippen molar-refractivity contribution >= 4 is 22.6 Å². The summed E-state index contributed by atoms with van der Waals surface area (Å²) in [5.41, 5.74) is -2.23.